The van der Waals surface area contributed by atoms with Crippen LogP contribution in [0.5, 0.6) is 0 Å². The summed E-state index contributed by atoms with van der Waals surface area (Å²) in [6, 6.07) is 1.90. The number of carbonyl (C=O) groups excluding carboxylic acids is 1. The van der Waals surface area contributed by atoms with Crippen molar-refractivity contribution >= 4 is 6.47 Å². The van der Waals surface area contributed by atoms with Gasteiger partial charge in [0.25, 0.3) is 6.47 Å². The minimum Gasteiger partial charge on any atom is -0.446 e. The normalized spacial score (nSPS) is 20.9. The molecule has 0 heterocycles. The van der Waals surface area contributed by atoms with Gasteiger partial charge in [-0.15, -0.1) is 0 Å². The van der Waals surface area contributed by atoms with Gasteiger partial charge in [0.1, 0.15) is 6.07 Å². The lowest BCUT2D eigenvalue weighted by molar-refractivity contribution is -0.132. The second kappa shape index (κ2) is 1.48. The summed E-state index contributed by atoms with van der Waals surface area (Å²) in [7, 11) is 0. The topological polar surface area (TPSA) is 50.1 Å². The number of nitrogens with zero attached hydrogens (tertiary/aromatic N) is 1. The average molecular weight is 111 g/mol. The van der Waals surface area contributed by atoms with E-state index >= 15 is 0 Å². The van der Waals surface area contributed by atoms with Crippen LogP contribution in [-0.2, 0) is 9.53 Å². The summed E-state index contributed by atoms with van der Waals surface area (Å²) in [5, 5.41) is 8.25. The molecule has 0 amide bonds. The van der Waals surface area contributed by atoms with Crippen molar-refractivity contribution < 1.29 is 9.53 Å². The molecule has 1 fully saturated rings. The number of hydrogen-bond donors (Lipinski definition) is 0. The largest absolute Gasteiger partial charge is 0.446 e. The van der Waals surface area contributed by atoms with Crippen molar-refractivity contribution in [2.75, 3.05) is 0 Å². The first-order valence-electron chi connectivity index (χ1n) is 2.36. The zero-order valence-electron chi connectivity index (χ0n) is 4.26. The molecule has 0 unspecified atom stereocenters. The predicted molar refractivity (Wildman–Crippen MR) is 24.7 cm³/mol. The maximum Gasteiger partial charge on any atom is 0.294 e. The molecule has 0 saturated heterocycles. The molecule has 1 aliphatic carbocycles. The molecule has 42 valence electrons. The molecule has 3 nitrogen and oxygen atoms in total. The molecule has 0 aromatic rings. The van der Waals surface area contributed by atoms with Crippen LogP contribution in [0.1, 0.15) is 12.8 Å². The van der Waals surface area contributed by atoms with E-state index < -0.39 is 5.60 Å². The molecule has 0 aromatic carbocycles. The minimum absolute atomic E-state index is 0.330. The lowest BCUT2D eigenvalue weighted by Gasteiger charge is -1.97. The Kier molecular flexibility index (Phi) is 0.943. The van der Waals surface area contributed by atoms with Gasteiger partial charge in [-0.3, -0.25) is 4.79 Å². The fourth-order valence-corrected chi connectivity index (χ4v) is 0.462. The van der Waals surface area contributed by atoms with Crippen LogP contribution in [0.2, 0.25) is 0 Å². The van der Waals surface area contributed by atoms with Crippen molar-refractivity contribution in [3.05, 3.63) is 0 Å². The van der Waals surface area contributed by atoms with Gasteiger partial charge >= 0.3 is 0 Å². The highest BCUT2D eigenvalue weighted by Gasteiger charge is 2.45. The molecular weight excluding hydrogens is 106 g/mol. The van der Waals surface area contributed by atoms with Gasteiger partial charge in [-0.05, 0) is 0 Å². The van der Waals surface area contributed by atoms with Gasteiger partial charge in [0.15, 0.2) is 5.60 Å². The second-order valence-electron chi connectivity index (χ2n) is 1.82. The van der Waals surface area contributed by atoms with Gasteiger partial charge in [0.2, 0.25) is 0 Å². The maximum absolute atomic E-state index is 9.65. The second-order valence-corrected chi connectivity index (χ2v) is 1.82. The molecule has 1 aliphatic rings. The van der Waals surface area contributed by atoms with Gasteiger partial charge in [-0.1, -0.05) is 0 Å². The molecule has 0 spiro atoms. The van der Waals surface area contributed by atoms with Gasteiger partial charge in [0, 0.05) is 12.8 Å². The Labute approximate surface area is 46.9 Å². The van der Waals surface area contributed by atoms with Crippen LogP contribution in [0.25, 0.3) is 0 Å². The van der Waals surface area contributed by atoms with Gasteiger partial charge in [-0.2, -0.15) is 5.26 Å². The fourth-order valence-electron chi connectivity index (χ4n) is 0.462. The average Bonchev–Trinajstić information content (AvgIpc) is 2.50. The SMILES string of the molecule is N#CC1(OC=O)CC1. The lowest BCUT2D eigenvalue weighted by Crippen LogP contribution is -2.08. The van der Waals surface area contributed by atoms with Crippen molar-refractivity contribution in [2.24, 2.45) is 0 Å². The van der Waals surface area contributed by atoms with Crippen LogP contribution < -0.4 is 0 Å². The number of ether oxygens (including phenoxy) is 1. The molecule has 0 aromatic heterocycles. The summed E-state index contributed by atoms with van der Waals surface area (Å²) in [5.74, 6) is 0. The number of rotatable bonds is 2. The minimum atomic E-state index is -0.720. The first-order chi connectivity index (χ1) is 3.83. The molecule has 0 N–H and O–H groups in total. The predicted octanol–water partition coefficient (Wildman–Crippen LogP) is 0.216. The molecule has 0 atom stereocenters. The molecule has 3 heteroatoms. The van der Waals surface area contributed by atoms with Crippen molar-refractivity contribution in [1.82, 2.24) is 0 Å². The summed E-state index contributed by atoms with van der Waals surface area (Å²) in [6.07, 6.45) is 1.39. The Hall–Kier alpha value is -1.04. The quantitative estimate of drug-likeness (QED) is 0.479. The molecular formula is C5H5NO2. The summed E-state index contributed by atoms with van der Waals surface area (Å²) < 4.78 is 4.45. The number of nitriles is 1. The Balaban J connectivity index is 2.44. The van der Waals surface area contributed by atoms with Crippen molar-refractivity contribution in [1.29, 1.82) is 5.26 Å². The zero-order valence-corrected chi connectivity index (χ0v) is 4.26. The van der Waals surface area contributed by atoms with Crippen LogP contribution in [0.15, 0.2) is 0 Å². The number of carbonyl (C=O) groups is 1. The van der Waals surface area contributed by atoms with Crippen LogP contribution in [0.3, 0.4) is 0 Å². The first-order valence-corrected chi connectivity index (χ1v) is 2.36. The summed E-state index contributed by atoms with van der Waals surface area (Å²) in [5.41, 5.74) is -0.720. The van der Waals surface area contributed by atoms with E-state index in [2.05, 4.69) is 4.74 Å². The highest BCUT2D eigenvalue weighted by Crippen LogP contribution is 2.37. The fraction of sp³-hybridized carbons (Fsp3) is 0.600. The van der Waals surface area contributed by atoms with Crippen LogP contribution >= 0.6 is 0 Å². The van der Waals surface area contributed by atoms with Gasteiger partial charge in [0.05, 0.1) is 0 Å². The standard InChI is InChI=1S/C5H5NO2/c6-3-5(1-2-5)8-4-7/h4H,1-2H2. The highest BCUT2D eigenvalue weighted by atomic mass is 16.5. The maximum atomic E-state index is 9.65. The smallest absolute Gasteiger partial charge is 0.294 e. The number of hydrogen-bond acceptors (Lipinski definition) is 3. The Morgan fingerprint density at radius 3 is 2.50 bits per heavy atom. The Morgan fingerprint density at radius 2 is 2.38 bits per heavy atom. The van der Waals surface area contributed by atoms with E-state index in [9.17, 15) is 4.79 Å². The monoisotopic (exact) mass is 111 g/mol. The van der Waals surface area contributed by atoms with E-state index in [4.69, 9.17) is 5.26 Å². The van der Waals surface area contributed by atoms with E-state index in [-0.39, 0.29) is 0 Å². The van der Waals surface area contributed by atoms with E-state index in [1.807, 2.05) is 6.07 Å². The van der Waals surface area contributed by atoms with E-state index in [1.54, 1.807) is 0 Å². The summed E-state index contributed by atoms with van der Waals surface area (Å²) >= 11 is 0. The third kappa shape index (κ3) is 0.648. The van der Waals surface area contributed by atoms with Crippen LogP contribution in [0, 0.1) is 11.3 Å². The van der Waals surface area contributed by atoms with Crippen LogP contribution in [0.4, 0.5) is 0 Å². The van der Waals surface area contributed by atoms with Crippen LogP contribution in [-0.4, -0.2) is 12.1 Å². The molecule has 0 aliphatic heterocycles. The highest BCUT2D eigenvalue weighted by molar-refractivity contribution is 5.41. The Morgan fingerprint density at radius 1 is 1.75 bits per heavy atom. The third-order valence-electron chi connectivity index (χ3n) is 1.18. The molecule has 0 bridgehead atoms. The van der Waals surface area contributed by atoms with Gasteiger partial charge in [-0.25, -0.2) is 0 Å². The van der Waals surface area contributed by atoms with Crippen molar-refractivity contribution in [2.45, 2.75) is 18.4 Å². The molecule has 8 heavy (non-hydrogen) atoms. The molecule has 1 rings (SSSR count). The summed E-state index contributed by atoms with van der Waals surface area (Å²) in [4.78, 5) is 9.65. The Bertz CT molecular complexity index is 143. The zero-order chi connectivity index (χ0) is 6.04. The van der Waals surface area contributed by atoms with E-state index in [0.717, 1.165) is 0 Å². The summed E-state index contributed by atoms with van der Waals surface area (Å²) in [6.45, 7) is 0.330. The van der Waals surface area contributed by atoms with E-state index in [1.165, 1.54) is 0 Å². The lowest BCUT2D eigenvalue weighted by atomic mass is 10.4. The van der Waals surface area contributed by atoms with Crippen molar-refractivity contribution in [3.8, 4) is 6.07 Å². The van der Waals surface area contributed by atoms with Gasteiger partial charge < -0.3 is 4.74 Å². The molecule has 0 radical (unpaired) electrons. The van der Waals surface area contributed by atoms with Crippen molar-refractivity contribution in [3.63, 3.8) is 0 Å². The first kappa shape index (κ1) is 5.10. The third-order valence-corrected chi connectivity index (χ3v) is 1.18. The molecule has 1 saturated carbocycles. The van der Waals surface area contributed by atoms with E-state index in [0.29, 0.717) is 19.3 Å².